The molecule has 0 radical (unpaired) electrons. The third-order valence-corrected chi connectivity index (χ3v) is 3.46. The van der Waals surface area contributed by atoms with E-state index in [0.717, 1.165) is 40.1 Å². The summed E-state index contributed by atoms with van der Waals surface area (Å²) in [5.41, 5.74) is 3.16. The maximum Gasteiger partial charge on any atom is 0.163 e. The SMILES string of the molecule is CCOc1ccccc1-c1ncc(CBr)c(CC)n1. The Hall–Kier alpha value is -1.42. The maximum absolute atomic E-state index is 5.63. The van der Waals surface area contributed by atoms with Crippen molar-refractivity contribution in [1.29, 1.82) is 0 Å². The lowest BCUT2D eigenvalue weighted by Crippen LogP contribution is -2.01. The third kappa shape index (κ3) is 3.13. The molecule has 1 heterocycles. The number of hydrogen-bond acceptors (Lipinski definition) is 3. The second-order valence-corrected chi connectivity index (χ2v) is 4.64. The second kappa shape index (κ2) is 6.66. The van der Waals surface area contributed by atoms with Gasteiger partial charge in [0.15, 0.2) is 5.82 Å². The van der Waals surface area contributed by atoms with Gasteiger partial charge in [0.2, 0.25) is 0 Å². The van der Waals surface area contributed by atoms with Crippen LogP contribution < -0.4 is 4.74 Å². The lowest BCUT2D eigenvalue weighted by Gasteiger charge is -2.11. The van der Waals surface area contributed by atoms with E-state index >= 15 is 0 Å². The van der Waals surface area contributed by atoms with E-state index in [2.05, 4.69) is 32.8 Å². The predicted molar refractivity (Wildman–Crippen MR) is 80.6 cm³/mol. The molecule has 0 amide bonds. The van der Waals surface area contributed by atoms with Gasteiger partial charge in [0.05, 0.1) is 12.2 Å². The molecule has 0 atom stereocenters. The average Bonchev–Trinajstić information content (AvgIpc) is 2.47. The molecule has 0 N–H and O–H groups in total. The summed E-state index contributed by atoms with van der Waals surface area (Å²) in [6.45, 7) is 4.72. The number of nitrogens with zero attached hydrogens (tertiary/aromatic N) is 2. The van der Waals surface area contributed by atoms with Gasteiger partial charge in [-0.3, -0.25) is 0 Å². The van der Waals surface area contributed by atoms with Crippen molar-refractivity contribution < 1.29 is 4.74 Å². The first-order valence-corrected chi connectivity index (χ1v) is 7.55. The Morgan fingerprint density at radius 1 is 1.21 bits per heavy atom. The minimum atomic E-state index is 0.636. The maximum atomic E-state index is 5.63. The first-order chi connectivity index (χ1) is 9.30. The van der Waals surface area contributed by atoms with Crippen LogP contribution in [0.3, 0.4) is 0 Å². The molecule has 3 nitrogen and oxygen atoms in total. The summed E-state index contributed by atoms with van der Waals surface area (Å²) in [7, 11) is 0. The molecule has 0 unspecified atom stereocenters. The van der Waals surface area contributed by atoms with Crippen molar-refractivity contribution in [2.75, 3.05) is 6.61 Å². The van der Waals surface area contributed by atoms with Crippen LogP contribution in [0.25, 0.3) is 11.4 Å². The minimum Gasteiger partial charge on any atom is -0.493 e. The van der Waals surface area contributed by atoms with Crippen LogP contribution in [-0.4, -0.2) is 16.6 Å². The van der Waals surface area contributed by atoms with E-state index in [1.165, 1.54) is 0 Å². The van der Waals surface area contributed by atoms with Gasteiger partial charge in [0.25, 0.3) is 0 Å². The fourth-order valence-electron chi connectivity index (χ4n) is 1.92. The highest BCUT2D eigenvalue weighted by molar-refractivity contribution is 9.08. The lowest BCUT2D eigenvalue weighted by atomic mass is 10.1. The minimum absolute atomic E-state index is 0.636. The molecule has 0 aliphatic rings. The fourth-order valence-corrected chi connectivity index (χ4v) is 2.39. The first kappa shape index (κ1) is 14.0. The Bertz CT molecular complexity index is 558. The molecular formula is C15H17BrN2O. The highest BCUT2D eigenvalue weighted by Crippen LogP contribution is 2.27. The third-order valence-electron chi connectivity index (χ3n) is 2.86. The Kier molecular flexibility index (Phi) is 4.91. The van der Waals surface area contributed by atoms with Gasteiger partial charge in [-0.2, -0.15) is 0 Å². The van der Waals surface area contributed by atoms with Crippen LogP contribution in [0.1, 0.15) is 25.1 Å². The molecule has 100 valence electrons. The highest BCUT2D eigenvalue weighted by atomic mass is 79.9. The van der Waals surface area contributed by atoms with E-state index < -0.39 is 0 Å². The summed E-state index contributed by atoms with van der Waals surface area (Å²) in [5.74, 6) is 1.56. The number of halogens is 1. The van der Waals surface area contributed by atoms with Crippen LogP contribution >= 0.6 is 15.9 Å². The molecule has 0 fully saturated rings. The van der Waals surface area contributed by atoms with Gasteiger partial charge >= 0.3 is 0 Å². The van der Waals surface area contributed by atoms with Crippen molar-refractivity contribution in [2.45, 2.75) is 25.6 Å². The van der Waals surface area contributed by atoms with Crippen LogP contribution in [0.15, 0.2) is 30.5 Å². The number of benzene rings is 1. The van der Waals surface area contributed by atoms with Gasteiger partial charge in [-0.15, -0.1) is 0 Å². The molecule has 0 aliphatic carbocycles. The van der Waals surface area contributed by atoms with Crippen molar-refractivity contribution >= 4 is 15.9 Å². The van der Waals surface area contributed by atoms with E-state index in [9.17, 15) is 0 Å². The summed E-state index contributed by atoms with van der Waals surface area (Å²) in [6.07, 6.45) is 2.78. The molecule has 19 heavy (non-hydrogen) atoms. The molecule has 0 bridgehead atoms. The van der Waals surface area contributed by atoms with Gasteiger partial charge in [0, 0.05) is 22.8 Å². The lowest BCUT2D eigenvalue weighted by molar-refractivity contribution is 0.341. The standard InChI is InChI=1S/C15H17BrN2O/c1-3-13-11(9-16)10-17-15(18-13)12-7-5-6-8-14(12)19-4-2/h5-8,10H,3-4,9H2,1-2H3. The van der Waals surface area contributed by atoms with Gasteiger partial charge < -0.3 is 4.74 Å². The number of aryl methyl sites for hydroxylation is 1. The normalized spacial score (nSPS) is 10.5. The predicted octanol–water partition coefficient (Wildman–Crippen LogP) is 4.00. The fraction of sp³-hybridized carbons (Fsp3) is 0.333. The number of ether oxygens (including phenoxy) is 1. The smallest absolute Gasteiger partial charge is 0.163 e. The highest BCUT2D eigenvalue weighted by Gasteiger charge is 2.10. The molecule has 1 aromatic carbocycles. The Balaban J connectivity index is 2.47. The number of rotatable bonds is 5. The van der Waals surface area contributed by atoms with Crippen molar-refractivity contribution in [2.24, 2.45) is 0 Å². The first-order valence-electron chi connectivity index (χ1n) is 6.43. The number of para-hydroxylation sites is 1. The molecule has 2 aromatic rings. The molecule has 0 saturated carbocycles. The molecular weight excluding hydrogens is 304 g/mol. The molecule has 0 spiro atoms. The molecule has 1 aromatic heterocycles. The van der Waals surface area contributed by atoms with Gasteiger partial charge in [-0.1, -0.05) is 35.0 Å². The Labute approximate surface area is 122 Å². The summed E-state index contributed by atoms with van der Waals surface area (Å²) < 4.78 is 5.63. The van der Waals surface area contributed by atoms with Crippen LogP contribution in [0.4, 0.5) is 0 Å². The number of alkyl halides is 1. The van der Waals surface area contributed by atoms with E-state index in [0.29, 0.717) is 6.61 Å². The Morgan fingerprint density at radius 3 is 2.68 bits per heavy atom. The molecule has 0 saturated heterocycles. The number of aromatic nitrogens is 2. The van der Waals surface area contributed by atoms with E-state index in [4.69, 9.17) is 4.74 Å². The second-order valence-electron chi connectivity index (χ2n) is 4.08. The molecule has 4 heteroatoms. The summed E-state index contributed by atoms with van der Waals surface area (Å²) in [5, 5.41) is 0.781. The van der Waals surface area contributed by atoms with Crippen LogP contribution in [-0.2, 0) is 11.8 Å². The Morgan fingerprint density at radius 2 is 2.00 bits per heavy atom. The van der Waals surface area contributed by atoms with E-state index in [1.807, 2.05) is 37.4 Å². The van der Waals surface area contributed by atoms with Crippen molar-refractivity contribution in [1.82, 2.24) is 9.97 Å². The topological polar surface area (TPSA) is 35.0 Å². The largest absolute Gasteiger partial charge is 0.493 e. The zero-order valence-electron chi connectivity index (χ0n) is 11.2. The molecule has 2 rings (SSSR count). The zero-order valence-corrected chi connectivity index (χ0v) is 12.8. The summed E-state index contributed by atoms with van der Waals surface area (Å²) in [4.78, 5) is 9.10. The van der Waals surface area contributed by atoms with Crippen LogP contribution in [0, 0.1) is 0 Å². The number of hydrogen-bond donors (Lipinski definition) is 0. The monoisotopic (exact) mass is 320 g/mol. The van der Waals surface area contributed by atoms with Crippen molar-refractivity contribution in [3.05, 3.63) is 41.7 Å². The quantitative estimate of drug-likeness (QED) is 0.781. The van der Waals surface area contributed by atoms with Crippen molar-refractivity contribution in [3.63, 3.8) is 0 Å². The van der Waals surface area contributed by atoms with Gasteiger partial charge in [-0.05, 0) is 25.5 Å². The average molecular weight is 321 g/mol. The molecule has 0 aliphatic heterocycles. The van der Waals surface area contributed by atoms with Crippen LogP contribution in [0.5, 0.6) is 5.75 Å². The van der Waals surface area contributed by atoms with Gasteiger partial charge in [0.1, 0.15) is 5.75 Å². The van der Waals surface area contributed by atoms with Gasteiger partial charge in [-0.25, -0.2) is 9.97 Å². The zero-order chi connectivity index (χ0) is 13.7. The summed E-state index contributed by atoms with van der Waals surface area (Å²) >= 11 is 3.46. The summed E-state index contributed by atoms with van der Waals surface area (Å²) in [6, 6.07) is 7.88. The van der Waals surface area contributed by atoms with Crippen LogP contribution in [0.2, 0.25) is 0 Å². The van der Waals surface area contributed by atoms with Crippen molar-refractivity contribution in [3.8, 4) is 17.1 Å². The van der Waals surface area contributed by atoms with E-state index in [1.54, 1.807) is 0 Å². The van der Waals surface area contributed by atoms with E-state index in [-0.39, 0.29) is 0 Å².